The second kappa shape index (κ2) is 9.09. The molecule has 0 unspecified atom stereocenters. The van der Waals surface area contributed by atoms with Gasteiger partial charge in [0.05, 0.1) is 36.0 Å². The van der Waals surface area contributed by atoms with Crippen LogP contribution in [0.15, 0.2) is 42.7 Å². The third-order valence-corrected chi connectivity index (χ3v) is 4.33. The lowest BCUT2D eigenvalue weighted by atomic mass is 10.1. The Bertz CT molecular complexity index is 791. The number of nitrogens with zero attached hydrogens (tertiary/aromatic N) is 3. The number of hydrogen-bond donors (Lipinski definition) is 0. The molecule has 2 aromatic rings. The van der Waals surface area contributed by atoms with Crippen LogP contribution in [0.2, 0.25) is 0 Å². The van der Waals surface area contributed by atoms with E-state index in [0.29, 0.717) is 38.4 Å². The number of aromatic nitrogens is 1. The van der Waals surface area contributed by atoms with Crippen LogP contribution >= 0.6 is 0 Å². The molecule has 1 aromatic carbocycles. The molecule has 1 aliphatic heterocycles. The Morgan fingerprint density at radius 3 is 2.81 bits per heavy atom. The summed E-state index contributed by atoms with van der Waals surface area (Å²) in [5.74, 6) is -0.550. The van der Waals surface area contributed by atoms with Crippen LogP contribution in [0.5, 0.6) is 0 Å². The highest BCUT2D eigenvalue weighted by Gasteiger charge is 2.23. The number of carbonyl (C=O) groups excluding carboxylic acids is 1. The molecule has 0 bridgehead atoms. The van der Waals surface area contributed by atoms with Gasteiger partial charge in [-0.3, -0.25) is 15.1 Å². The van der Waals surface area contributed by atoms with Gasteiger partial charge in [0.2, 0.25) is 0 Å². The average molecular weight is 371 g/mol. The van der Waals surface area contributed by atoms with E-state index < -0.39 is 10.9 Å². The molecule has 8 heteroatoms. The first-order valence-corrected chi connectivity index (χ1v) is 8.82. The summed E-state index contributed by atoms with van der Waals surface area (Å²) in [6, 6.07) is 8.12. The summed E-state index contributed by atoms with van der Waals surface area (Å²) in [6.45, 7) is 2.59. The van der Waals surface area contributed by atoms with Crippen molar-refractivity contribution in [2.75, 3.05) is 37.8 Å². The monoisotopic (exact) mass is 371 g/mol. The SMILES string of the molecule is O=C(OCCCc1cccnc1)c1cc([N+](=O)[O-])ccc1N1CCOCC1. The van der Waals surface area contributed by atoms with Crippen LogP contribution in [0.1, 0.15) is 22.3 Å². The standard InChI is InChI=1S/C19H21N3O5/c23-19(27-10-2-4-15-3-1-7-20-14-15)17-13-16(22(24)25)5-6-18(17)21-8-11-26-12-9-21/h1,3,5-7,13-14H,2,4,8-12H2. The predicted octanol–water partition coefficient (Wildman–Crippen LogP) is 2.62. The summed E-state index contributed by atoms with van der Waals surface area (Å²) in [7, 11) is 0. The second-order valence-electron chi connectivity index (χ2n) is 6.16. The molecule has 0 aliphatic carbocycles. The minimum atomic E-state index is -0.550. The smallest absolute Gasteiger partial charge is 0.340 e. The van der Waals surface area contributed by atoms with Gasteiger partial charge in [-0.2, -0.15) is 0 Å². The van der Waals surface area contributed by atoms with Gasteiger partial charge >= 0.3 is 5.97 Å². The number of aryl methyl sites for hydroxylation is 1. The van der Waals surface area contributed by atoms with Gasteiger partial charge in [0, 0.05) is 37.6 Å². The van der Waals surface area contributed by atoms with Crippen LogP contribution in [-0.2, 0) is 15.9 Å². The summed E-state index contributed by atoms with van der Waals surface area (Å²) >= 11 is 0. The van der Waals surface area contributed by atoms with Crippen molar-refractivity contribution in [3.8, 4) is 0 Å². The number of nitro groups is 1. The van der Waals surface area contributed by atoms with Crippen molar-refractivity contribution in [3.05, 3.63) is 64.0 Å². The average Bonchev–Trinajstić information content (AvgIpc) is 2.72. The molecule has 2 heterocycles. The Morgan fingerprint density at radius 2 is 2.11 bits per heavy atom. The van der Waals surface area contributed by atoms with Crippen molar-refractivity contribution < 1.29 is 19.2 Å². The number of non-ortho nitro benzene ring substituents is 1. The highest BCUT2D eigenvalue weighted by Crippen LogP contribution is 2.27. The molecule has 0 atom stereocenters. The summed E-state index contributed by atoms with van der Waals surface area (Å²) in [4.78, 5) is 29.2. The molecule has 1 aromatic heterocycles. The van der Waals surface area contributed by atoms with Gasteiger partial charge in [-0.25, -0.2) is 4.79 Å². The topological polar surface area (TPSA) is 94.8 Å². The highest BCUT2D eigenvalue weighted by molar-refractivity contribution is 5.96. The fourth-order valence-corrected chi connectivity index (χ4v) is 2.95. The first kappa shape index (κ1) is 18.8. The third kappa shape index (κ3) is 5.01. The van der Waals surface area contributed by atoms with Crippen molar-refractivity contribution in [2.45, 2.75) is 12.8 Å². The Kier molecular flexibility index (Phi) is 6.32. The molecular formula is C19H21N3O5. The lowest BCUT2D eigenvalue weighted by Crippen LogP contribution is -2.37. The second-order valence-corrected chi connectivity index (χ2v) is 6.16. The van der Waals surface area contributed by atoms with Gasteiger partial charge in [-0.05, 0) is 30.5 Å². The molecule has 1 aliphatic rings. The highest BCUT2D eigenvalue weighted by atomic mass is 16.6. The maximum Gasteiger partial charge on any atom is 0.340 e. The molecule has 142 valence electrons. The van der Waals surface area contributed by atoms with E-state index in [1.54, 1.807) is 18.5 Å². The van der Waals surface area contributed by atoms with E-state index in [4.69, 9.17) is 9.47 Å². The molecule has 0 saturated carbocycles. The lowest BCUT2D eigenvalue weighted by Gasteiger charge is -2.30. The fourth-order valence-electron chi connectivity index (χ4n) is 2.95. The Labute approximate surface area is 156 Å². The van der Waals surface area contributed by atoms with Crippen molar-refractivity contribution in [1.82, 2.24) is 4.98 Å². The van der Waals surface area contributed by atoms with E-state index in [1.165, 1.54) is 12.1 Å². The van der Waals surface area contributed by atoms with Crippen molar-refractivity contribution in [3.63, 3.8) is 0 Å². The van der Waals surface area contributed by atoms with Gasteiger partial charge in [-0.15, -0.1) is 0 Å². The number of benzene rings is 1. The largest absolute Gasteiger partial charge is 0.462 e. The van der Waals surface area contributed by atoms with Crippen molar-refractivity contribution in [1.29, 1.82) is 0 Å². The van der Waals surface area contributed by atoms with E-state index >= 15 is 0 Å². The minimum absolute atomic E-state index is 0.130. The van der Waals surface area contributed by atoms with E-state index in [2.05, 4.69) is 4.98 Å². The molecule has 1 saturated heterocycles. The zero-order chi connectivity index (χ0) is 19.1. The zero-order valence-corrected chi connectivity index (χ0v) is 14.9. The van der Waals surface area contributed by atoms with E-state index in [-0.39, 0.29) is 17.9 Å². The Balaban J connectivity index is 1.67. The van der Waals surface area contributed by atoms with E-state index in [1.807, 2.05) is 17.0 Å². The molecule has 1 fully saturated rings. The maximum atomic E-state index is 12.6. The third-order valence-electron chi connectivity index (χ3n) is 4.33. The molecule has 0 spiro atoms. The van der Waals surface area contributed by atoms with Gasteiger partial charge < -0.3 is 14.4 Å². The van der Waals surface area contributed by atoms with Gasteiger partial charge in [0.15, 0.2) is 0 Å². The molecule has 8 nitrogen and oxygen atoms in total. The van der Waals surface area contributed by atoms with Crippen LogP contribution in [0.4, 0.5) is 11.4 Å². The van der Waals surface area contributed by atoms with Crippen molar-refractivity contribution >= 4 is 17.3 Å². The van der Waals surface area contributed by atoms with Crippen LogP contribution < -0.4 is 4.90 Å². The normalized spacial score (nSPS) is 14.0. The summed E-state index contributed by atoms with van der Waals surface area (Å²) in [5.41, 5.74) is 1.79. The summed E-state index contributed by atoms with van der Waals surface area (Å²) < 4.78 is 10.7. The maximum absolute atomic E-state index is 12.6. The number of pyridine rings is 1. The summed E-state index contributed by atoms with van der Waals surface area (Å²) in [5, 5.41) is 11.1. The van der Waals surface area contributed by atoms with Crippen LogP contribution in [-0.4, -0.2) is 48.8 Å². The van der Waals surface area contributed by atoms with Crippen LogP contribution in [0.3, 0.4) is 0 Å². The first-order valence-electron chi connectivity index (χ1n) is 8.82. The molecule has 3 rings (SSSR count). The predicted molar refractivity (Wildman–Crippen MR) is 99.0 cm³/mol. The quantitative estimate of drug-likeness (QED) is 0.319. The van der Waals surface area contributed by atoms with Crippen LogP contribution in [0, 0.1) is 10.1 Å². The number of ether oxygens (including phenoxy) is 2. The lowest BCUT2D eigenvalue weighted by molar-refractivity contribution is -0.384. The minimum Gasteiger partial charge on any atom is -0.462 e. The van der Waals surface area contributed by atoms with Gasteiger partial charge in [-0.1, -0.05) is 6.07 Å². The Hall–Kier alpha value is -3.00. The number of carbonyl (C=O) groups is 1. The Morgan fingerprint density at radius 1 is 1.30 bits per heavy atom. The number of morpholine rings is 1. The number of rotatable bonds is 7. The molecule has 0 amide bonds. The summed E-state index contributed by atoms with van der Waals surface area (Å²) in [6.07, 6.45) is 4.88. The van der Waals surface area contributed by atoms with Crippen LogP contribution in [0.25, 0.3) is 0 Å². The number of esters is 1. The van der Waals surface area contributed by atoms with Gasteiger partial charge in [0.1, 0.15) is 0 Å². The number of hydrogen-bond acceptors (Lipinski definition) is 7. The molecule has 27 heavy (non-hydrogen) atoms. The molecule has 0 radical (unpaired) electrons. The number of nitro benzene ring substituents is 1. The number of anilines is 1. The molecule has 0 N–H and O–H groups in total. The fraction of sp³-hybridized carbons (Fsp3) is 0.368. The zero-order valence-electron chi connectivity index (χ0n) is 14.9. The molecular weight excluding hydrogens is 350 g/mol. The first-order chi connectivity index (χ1) is 13.1. The van der Waals surface area contributed by atoms with E-state index in [9.17, 15) is 14.9 Å². The van der Waals surface area contributed by atoms with Gasteiger partial charge in [0.25, 0.3) is 5.69 Å². The van der Waals surface area contributed by atoms with Crippen molar-refractivity contribution in [2.24, 2.45) is 0 Å². The van der Waals surface area contributed by atoms with E-state index in [0.717, 1.165) is 12.0 Å².